The fourth-order valence-corrected chi connectivity index (χ4v) is 4.30. The maximum atomic E-state index is 6.24. The first-order valence-electron chi connectivity index (χ1n) is 8.00. The Hall–Kier alpha value is -1.08. The number of hydrogen-bond acceptors (Lipinski definition) is 1. The van der Waals surface area contributed by atoms with Crippen LogP contribution < -0.4 is 0 Å². The molecule has 3 rings (SSSR count). The predicted octanol–water partition coefficient (Wildman–Crippen LogP) is 4.48. The van der Waals surface area contributed by atoms with Gasteiger partial charge in [-0.15, -0.1) is 0 Å². The molecule has 0 unspecified atom stereocenters. The third kappa shape index (κ3) is 2.56. The second kappa shape index (κ2) is 5.73. The summed E-state index contributed by atoms with van der Waals surface area (Å²) in [5.74, 6) is 2.80. The molecule has 0 spiro atoms. The Bertz CT molecular complexity index is 476. The van der Waals surface area contributed by atoms with Gasteiger partial charge in [-0.3, -0.25) is 0 Å². The first kappa shape index (κ1) is 13.9. The van der Waals surface area contributed by atoms with Gasteiger partial charge in [-0.2, -0.15) is 0 Å². The lowest BCUT2D eigenvalue weighted by Gasteiger charge is -2.47. The van der Waals surface area contributed by atoms with E-state index in [-0.39, 0.29) is 0 Å². The SMILES string of the molecule is CC1=C[C@@H](C)[C@H]2CO[C@@H](CCc3ccccc3)[C@@H]1[C@@H]2C. The Morgan fingerprint density at radius 1 is 1.15 bits per heavy atom. The Morgan fingerprint density at radius 3 is 2.65 bits per heavy atom. The third-order valence-electron chi connectivity index (χ3n) is 5.43. The van der Waals surface area contributed by atoms with E-state index in [0.29, 0.717) is 17.9 Å². The molecule has 1 aromatic carbocycles. The number of hydrogen-bond donors (Lipinski definition) is 0. The van der Waals surface area contributed by atoms with Crippen LogP contribution in [-0.2, 0) is 11.2 Å². The molecule has 0 radical (unpaired) electrons. The number of rotatable bonds is 3. The van der Waals surface area contributed by atoms with E-state index in [1.807, 2.05) is 0 Å². The zero-order valence-corrected chi connectivity index (χ0v) is 12.9. The summed E-state index contributed by atoms with van der Waals surface area (Å²) >= 11 is 0. The van der Waals surface area contributed by atoms with E-state index in [4.69, 9.17) is 4.74 Å². The van der Waals surface area contributed by atoms with Gasteiger partial charge >= 0.3 is 0 Å². The molecule has 1 heterocycles. The summed E-state index contributed by atoms with van der Waals surface area (Å²) in [5.41, 5.74) is 2.98. The van der Waals surface area contributed by atoms with Gasteiger partial charge in [-0.05, 0) is 43.1 Å². The van der Waals surface area contributed by atoms with E-state index in [9.17, 15) is 0 Å². The predicted molar refractivity (Wildman–Crippen MR) is 83.6 cm³/mol. The largest absolute Gasteiger partial charge is 0.377 e. The Labute approximate surface area is 123 Å². The highest BCUT2D eigenvalue weighted by Crippen LogP contribution is 2.45. The summed E-state index contributed by atoms with van der Waals surface area (Å²) in [6.07, 6.45) is 5.17. The molecule has 1 nitrogen and oxygen atoms in total. The molecule has 0 amide bonds. The third-order valence-corrected chi connectivity index (χ3v) is 5.43. The second-order valence-corrected chi connectivity index (χ2v) is 6.71. The van der Waals surface area contributed by atoms with Crippen LogP contribution in [-0.4, -0.2) is 12.7 Å². The monoisotopic (exact) mass is 270 g/mol. The van der Waals surface area contributed by atoms with Gasteiger partial charge in [0, 0.05) is 5.92 Å². The Morgan fingerprint density at radius 2 is 1.90 bits per heavy atom. The molecule has 0 N–H and O–H groups in total. The summed E-state index contributed by atoms with van der Waals surface area (Å²) < 4.78 is 6.24. The average molecular weight is 270 g/mol. The summed E-state index contributed by atoms with van der Waals surface area (Å²) in [6, 6.07) is 10.8. The normalized spacial score (nSPS) is 36.5. The smallest absolute Gasteiger partial charge is 0.0646 e. The molecule has 2 aliphatic rings. The molecule has 1 aromatic rings. The minimum Gasteiger partial charge on any atom is -0.377 e. The van der Waals surface area contributed by atoms with Crippen LogP contribution in [0.3, 0.4) is 0 Å². The van der Waals surface area contributed by atoms with Crippen molar-refractivity contribution in [3.63, 3.8) is 0 Å². The minimum atomic E-state index is 0.408. The zero-order valence-electron chi connectivity index (χ0n) is 12.9. The number of allylic oxidation sites excluding steroid dienone is 1. The second-order valence-electron chi connectivity index (χ2n) is 6.71. The van der Waals surface area contributed by atoms with Crippen LogP contribution in [0.4, 0.5) is 0 Å². The fraction of sp³-hybridized carbons (Fsp3) is 0.579. The van der Waals surface area contributed by atoms with E-state index in [1.165, 1.54) is 5.56 Å². The minimum absolute atomic E-state index is 0.408. The van der Waals surface area contributed by atoms with Crippen LogP contribution in [0, 0.1) is 23.7 Å². The van der Waals surface area contributed by atoms with Crippen LogP contribution in [0.1, 0.15) is 32.8 Å². The summed E-state index contributed by atoms with van der Waals surface area (Å²) in [5, 5.41) is 0. The van der Waals surface area contributed by atoms with Crippen LogP contribution in [0.5, 0.6) is 0 Å². The van der Waals surface area contributed by atoms with Crippen molar-refractivity contribution < 1.29 is 4.74 Å². The van der Waals surface area contributed by atoms with Gasteiger partial charge in [0.15, 0.2) is 0 Å². The number of benzene rings is 1. The quantitative estimate of drug-likeness (QED) is 0.736. The molecule has 1 saturated heterocycles. The summed E-state index contributed by atoms with van der Waals surface area (Å²) in [6.45, 7) is 8.02. The van der Waals surface area contributed by atoms with Crippen molar-refractivity contribution in [1.82, 2.24) is 0 Å². The maximum absolute atomic E-state index is 6.24. The van der Waals surface area contributed by atoms with Crippen molar-refractivity contribution in [3.8, 4) is 0 Å². The summed E-state index contributed by atoms with van der Waals surface area (Å²) in [4.78, 5) is 0. The number of aryl methyl sites for hydroxylation is 1. The number of ether oxygens (including phenoxy) is 1. The molecule has 1 aliphatic heterocycles. The van der Waals surface area contributed by atoms with Crippen LogP contribution >= 0.6 is 0 Å². The average Bonchev–Trinajstić information content (AvgIpc) is 2.44. The molecule has 0 saturated carbocycles. The lowest BCUT2D eigenvalue weighted by molar-refractivity contribution is -0.0935. The van der Waals surface area contributed by atoms with E-state index < -0.39 is 0 Å². The lowest BCUT2D eigenvalue weighted by Crippen LogP contribution is -2.46. The first-order chi connectivity index (χ1) is 9.66. The molecule has 2 bridgehead atoms. The zero-order chi connectivity index (χ0) is 14.1. The van der Waals surface area contributed by atoms with E-state index >= 15 is 0 Å². The highest BCUT2D eigenvalue weighted by atomic mass is 16.5. The number of fused-ring (bicyclic) bond motifs is 2. The molecular formula is C19H26O. The Balaban J connectivity index is 1.70. The summed E-state index contributed by atoms with van der Waals surface area (Å²) in [7, 11) is 0. The molecule has 1 fully saturated rings. The van der Waals surface area contributed by atoms with E-state index in [1.54, 1.807) is 5.57 Å². The van der Waals surface area contributed by atoms with Crippen molar-refractivity contribution in [2.45, 2.75) is 39.7 Å². The molecular weight excluding hydrogens is 244 g/mol. The van der Waals surface area contributed by atoms with Crippen LogP contribution in [0.25, 0.3) is 0 Å². The highest BCUT2D eigenvalue weighted by molar-refractivity contribution is 5.18. The van der Waals surface area contributed by atoms with Crippen LogP contribution in [0.2, 0.25) is 0 Å². The van der Waals surface area contributed by atoms with E-state index in [0.717, 1.165) is 31.3 Å². The molecule has 1 aliphatic carbocycles. The van der Waals surface area contributed by atoms with Gasteiger partial charge < -0.3 is 4.74 Å². The Kier molecular flexibility index (Phi) is 3.98. The van der Waals surface area contributed by atoms with Gasteiger partial charge in [-0.25, -0.2) is 0 Å². The van der Waals surface area contributed by atoms with Crippen molar-refractivity contribution in [3.05, 3.63) is 47.5 Å². The molecule has 20 heavy (non-hydrogen) atoms. The van der Waals surface area contributed by atoms with Crippen molar-refractivity contribution in [2.75, 3.05) is 6.61 Å². The highest BCUT2D eigenvalue weighted by Gasteiger charge is 2.42. The fourth-order valence-electron chi connectivity index (χ4n) is 4.30. The van der Waals surface area contributed by atoms with Crippen molar-refractivity contribution in [1.29, 1.82) is 0 Å². The molecule has 5 atom stereocenters. The van der Waals surface area contributed by atoms with Crippen molar-refractivity contribution >= 4 is 0 Å². The van der Waals surface area contributed by atoms with Crippen LogP contribution in [0.15, 0.2) is 42.0 Å². The lowest BCUT2D eigenvalue weighted by atomic mass is 9.65. The topological polar surface area (TPSA) is 9.23 Å². The molecule has 108 valence electrons. The van der Waals surface area contributed by atoms with Gasteiger partial charge in [0.2, 0.25) is 0 Å². The van der Waals surface area contributed by atoms with Gasteiger partial charge in [0.1, 0.15) is 0 Å². The molecule has 1 heteroatoms. The van der Waals surface area contributed by atoms with Gasteiger partial charge in [0.25, 0.3) is 0 Å². The van der Waals surface area contributed by atoms with Gasteiger partial charge in [-0.1, -0.05) is 55.8 Å². The van der Waals surface area contributed by atoms with Crippen molar-refractivity contribution in [2.24, 2.45) is 23.7 Å². The first-order valence-corrected chi connectivity index (χ1v) is 8.00. The standard InChI is InChI=1S/C19H26O/c1-13-11-14(2)19-15(3)17(13)12-20-18(19)10-9-16-7-5-4-6-8-16/h4-8,11,13,15,17-19H,9-10,12H2,1-3H3/t13-,15-,17-,18+,19+/m1/s1. The molecule has 0 aromatic heterocycles. The van der Waals surface area contributed by atoms with E-state index in [2.05, 4.69) is 57.2 Å². The van der Waals surface area contributed by atoms with Gasteiger partial charge in [0.05, 0.1) is 12.7 Å². The maximum Gasteiger partial charge on any atom is 0.0646 e.